The molecule has 0 aromatic heterocycles. The van der Waals surface area contributed by atoms with E-state index in [0.717, 1.165) is 12.8 Å². The highest BCUT2D eigenvalue weighted by molar-refractivity contribution is 5.83. The lowest BCUT2D eigenvalue weighted by Gasteiger charge is -2.20. The Hall–Kier alpha value is -1.79. The third-order valence-corrected chi connectivity index (χ3v) is 2.48. The highest BCUT2D eigenvalue weighted by Crippen LogP contribution is 2.10. The lowest BCUT2D eigenvalue weighted by atomic mass is 10.1. The molecule has 0 aromatic carbocycles. The number of esters is 1. The minimum atomic E-state index is -1.18. The molecule has 2 amide bonds. The van der Waals surface area contributed by atoms with Crippen LogP contribution in [0.3, 0.4) is 0 Å². The van der Waals surface area contributed by atoms with Gasteiger partial charge in [0.1, 0.15) is 11.6 Å². The molecule has 7 nitrogen and oxygen atoms in total. The van der Waals surface area contributed by atoms with Gasteiger partial charge in [-0.2, -0.15) is 0 Å². The summed E-state index contributed by atoms with van der Waals surface area (Å²) in [5.41, 5.74) is -0.610. The third kappa shape index (κ3) is 10.6. The van der Waals surface area contributed by atoms with Crippen molar-refractivity contribution in [1.82, 2.24) is 10.6 Å². The van der Waals surface area contributed by atoms with Crippen LogP contribution in [0, 0.1) is 0 Å². The molecule has 0 aliphatic heterocycles. The number of urea groups is 1. The number of carboxylic acids is 1. The summed E-state index contributed by atoms with van der Waals surface area (Å²) in [6.07, 6.45) is 1.68. The SMILES string of the molecule is CCCCNC(=O)N[C@H](CCC(=O)OC(C)(C)C)C(=O)O. The monoisotopic (exact) mass is 302 g/mol. The average Bonchev–Trinajstić information content (AvgIpc) is 2.32. The fraction of sp³-hybridized carbons (Fsp3) is 0.786. The number of amides is 2. The summed E-state index contributed by atoms with van der Waals surface area (Å²) in [6, 6.07) is -1.65. The van der Waals surface area contributed by atoms with Gasteiger partial charge in [0, 0.05) is 13.0 Å². The van der Waals surface area contributed by atoms with E-state index in [-0.39, 0.29) is 12.8 Å². The number of carboxylic acid groups (broad SMARTS) is 1. The van der Waals surface area contributed by atoms with Gasteiger partial charge in [0.25, 0.3) is 0 Å². The smallest absolute Gasteiger partial charge is 0.326 e. The standard InChI is InChI=1S/C14H26N2O5/c1-5-6-9-15-13(20)16-10(12(18)19)7-8-11(17)21-14(2,3)4/h10H,5-9H2,1-4H3,(H,18,19)(H2,15,16,20)/t10-/m1/s1. The van der Waals surface area contributed by atoms with Crippen molar-refractivity contribution in [3.63, 3.8) is 0 Å². The quantitative estimate of drug-likeness (QED) is 0.467. The van der Waals surface area contributed by atoms with Crippen molar-refractivity contribution in [1.29, 1.82) is 0 Å². The fourth-order valence-electron chi connectivity index (χ4n) is 1.50. The van der Waals surface area contributed by atoms with Crippen LogP contribution >= 0.6 is 0 Å². The Labute approximate surface area is 125 Å². The summed E-state index contributed by atoms with van der Waals surface area (Å²) in [5.74, 6) is -1.66. The van der Waals surface area contributed by atoms with Crippen LogP contribution in [-0.2, 0) is 14.3 Å². The van der Waals surface area contributed by atoms with E-state index in [0.29, 0.717) is 6.54 Å². The van der Waals surface area contributed by atoms with Crippen molar-refractivity contribution < 1.29 is 24.2 Å². The molecule has 0 radical (unpaired) electrons. The Balaban J connectivity index is 4.22. The molecule has 0 spiro atoms. The van der Waals surface area contributed by atoms with Gasteiger partial charge in [0.2, 0.25) is 0 Å². The van der Waals surface area contributed by atoms with Crippen LogP contribution in [0.25, 0.3) is 0 Å². The second-order valence-corrected chi connectivity index (χ2v) is 5.77. The molecule has 7 heteroatoms. The van der Waals surface area contributed by atoms with Gasteiger partial charge in [0.05, 0.1) is 0 Å². The molecule has 0 unspecified atom stereocenters. The van der Waals surface area contributed by atoms with E-state index in [9.17, 15) is 14.4 Å². The van der Waals surface area contributed by atoms with Crippen LogP contribution in [0.2, 0.25) is 0 Å². The number of unbranched alkanes of at least 4 members (excludes halogenated alkanes) is 1. The van der Waals surface area contributed by atoms with Gasteiger partial charge in [-0.3, -0.25) is 4.79 Å². The summed E-state index contributed by atoms with van der Waals surface area (Å²) in [4.78, 5) is 34.1. The number of nitrogens with one attached hydrogen (secondary N) is 2. The number of carbonyl (C=O) groups excluding carboxylic acids is 2. The van der Waals surface area contributed by atoms with Crippen molar-refractivity contribution in [2.75, 3.05) is 6.54 Å². The van der Waals surface area contributed by atoms with Gasteiger partial charge in [-0.1, -0.05) is 13.3 Å². The zero-order chi connectivity index (χ0) is 16.5. The molecule has 122 valence electrons. The van der Waals surface area contributed by atoms with Crippen molar-refractivity contribution >= 4 is 18.0 Å². The second kappa shape index (κ2) is 9.20. The van der Waals surface area contributed by atoms with Crippen LogP contribution in [-0.4, -0.2) is 41.3 Å². The Morgan fingerprint density at radius 2 is 1.86 bits per heavy atom. The zero-order valence-electron chi connectivity index (χ0n) is 13.2. The average molecular weight is 302 g/mol. The molecular weight excluding hydrogens is 276 g/mol. The topological polar surface area (TPSA) is 105 Å². The first kappa shape index (κ1) is 19.2. The maximum Gasteiger partial charge on any atom is 0.326 e. The molecule has 21 heavy (non-hydrogen) atoms. The van der Waals surface area contributed by atoms with E-state index in [1.54, 1.807) is 20.8 Å². The normalized spacial score (nSPS) is 12.4. The predicted molar refractivity (Wildman–Crippen MR) is 77.9 cm³/mol. The Morgan fingerprint density at radius 3 is 2.33 bits per heavy atom. The number of rotatable bonds is 8. The lowest BCUT2D eigenvalue weighted by molar-refractivity contribution is -0.155. The van der Waals surface area contributed by atoms with Crippen LogP contribution in [0.1, 0.15) is 53.4 Å². The first-order chi connectivity index (χ1) is 9.65. The summed E-state index contributed by atoms with van der Waals surface area (Å²) < 4.78 is 5.09. The Morgan fingerprint density at radius 1 is 1.24 bits per heavy atom. The third-order valence-electron chi connectivity index (χ3n) is 2.48. The number of hydrogen-bond donors (Lipinski definition) is 3. The van der Waals surface area contributed by atoms with Gasteiger partial charge in [-0.15, -0.1) is 0 Å². The molecule has 0 aromatic rings. The molecule has 0 aliphatic rings. The fourth-order valence-corrected chi connectivity index (χ4v) is 1.50. The van der Waals surface area contributed by atoms with Crippen molar-refractivity contribution in [2.45, 2.75) is 65.0 Å². The molecule has 0 rings (SSSR count). The maximum absolute atomic E-state index is 11.5. The van der Waals surface area contributed by atoms with Crippen LogP contribution in [0.4, 0.5) is 4.79 Å². The van der Waals surface area contributed by atoms with Crippen molar-refractivity contribution in [3.8, 4) is 0 Å². The van der Waals surface area contributed by atoms with Gasteiger partial charge in [0.15, 0.2) is 0 Å². The first-order valence-electron chi connectivity index (χ1n) is 7.14. The molecule has 0 saturated heterocycles. The molecule has 0 bridgehead atoms. The van der Waals surface area contributed by atoms with Gasteiger partial charge < -0.3 is 20.5 Å². The van der Waals surface area contributed by atoms with E-state index in [1.165, 1.54) is 0 Å². The number of hydrogen-bond acceptors (Lipinski definition) is 4. The second-order valence-electron chi connectivity index (χ2n) is 5.77. The Kier molecular flexibility index (Phi) is 8.42. The summed E-state index contributed by atoms with van der Waals surface area (Å²) in [5, 5.41) is 13.9. The predicted octanol–water partition coefficient (Wildman–Crippen LogP) is 1.66. The van der Waals surface area contributed by atoms with Gasteiger partial charge in [-0.05, 0) is 33.6 Å². The summed E-state index contributed by atoms with van der Waals surface area (Å²) in [6.45, 7) is 7.68. The Bertz CT molecular complexity index is 363. The van der Waals surface area contributed by atoms with Crippen LogP contribution < -0.4 is 10.6 Å². The largest absolute Gasteiger partial charge is 0.480 e. The van der Waals surface area contributed by atoms with Crippen LogP contribution in [0.15, 0.2) is 0 Å². The van der Waals surface area contributed by atoms with Crippen molar-refractivity contribution in [3.05, 3.63) is 0 Å². The summed E-state index contributed by atoms with van der Waals surface area (Å²) in [7, 11) is 0. The number of carbonyl (C=O) groups is 3. The number of aliphatic carboxylic acids is 1. The minimum Gasteiger partial charge on any atom is -0.480 e. The maximum atomic E-state index is 11.5. The molecule has 3 N–H and O–H groups in total. The van der Waals surface area contributed by atoms with Crippen LogP contribution in [0.5, 0.6) is 0 Å². The summed E-state index contributed by atoms with van der Waals surface area (Å²) >= 11 is 0. The minimum absolute atomic E-state index is 0.00849. The van der Waals surface area contributed by atoms with E-state index >= 15 is 0 Å². The molecule has 0 fully saturated rings. The lowest BCUT2D eigenvalue weighted by Crippen LogP contribution is -2.46. The highest BCUT2D eigenvalue weighted by Gasteiger charge is 2.23. The molecule has 0 saturated carbocycles. The number of ether oxygens (including phenoxy) is 1. The zero-order valence-corrected chi connectivity index (χ0v) is 13.2. The molecule has 1 atom stereocenters. The van der Waals surface area contributed by atoms with Gasteiger partial charge in [-0.25, -0.2) is 9.59 Å². The molecule has 0 heterocycles. The van der Waals surface area contributed by atoms with E-state index < -0.39 is 29.6 Å². The van der Waals surface area contributed by atoms with Crippen molar-refractivity contribution in [2.24, 2.45) is 0 Å². The van der Waals surface area contributed by atoms with E-state index in [1.807, 2.05) is 6.92 Å². The molecular formula is C14H26N2O5. The first-order valence-corrected chi connectivity index (χ1v) is 7.14. The van der Waals surface area contributed by atoms with E-state index in [2.05, 4.69) is 10.6 Å². The van der Waals surface area contributed by atoms with E-state index in [4.69, 9.17) is 9.84 Å². The van der Waals surface area contributed by atoms with Gasteiger partial charge >= 0.3 is 18.0 Å². The highest BCUT2D eigenvalue weighted by atomic mass is 16.6. The molecule has 0 aliphatic carbocycles.